The molecule has 0 fully saturated rings. The van der Waals surface area contributed by atoms with Crippen LogP contribution in [-0.4, -0.2) is 31.5 Å². The highest BCUT2D eigenvalue weighted by Crippen LogP contribution is 2.20. The third-order valence-corrected chi connectivity index (χ3v) is 4.68. The van der Waals surface area contributed by atoms with Crippen molar-refractivity contribution in [2.75, 3.05) is 24.4 Å². The minimum absolute atomic E-state index is 0.206. The second-order valence-corrected chi connectivity index (χ2v) is 6.94. The molecule has 2 amide bonds. The first-order chi connectivity index (χ1) is 14.5. The van der Waals surface area contributed by atoms with Gasteiger partial charge < -0.3 is 20.1 Å². The van der Waals surface area contributed by atoms with Crippen LogP contribution in [0.15, 0.2) is 60.7 Å². The van der Waals surface area contributed by atoms with Crippen LogP contribution in [0.5, 0.6) is 5.75 Å². The Bertz CT molecular complexity index is 920. The van der Waals surface area contributed by atoms with Crippen LogP contribution in [-0.2, 0) is 14.3 Å². The van der Waals surface area contributed by atoms with Crippen molar-refractivity contribution in [1.82, 2.24) is 0 Å². The van der Waals surface area contributed by atoms with Crippen molar-refractivity contribution < 1.29 is 23.9 Å². The van der Waals surface area contributed by atoms with Crippen LogP contribution in [0.2, 0.25) is 0 Å². The average Bonchev–Trinajstić information content (AvgIpc) is 3.26. The molecule has 1 aliphatic carbocycles. The van der Waals surface area contributed by atoms with Gasteiger partial charge in [0.2, 0.25) is 0 Å². The van der Waals surface area contributed by atoms with Crippen LogP contribution in [0.3, 0.4) is 0 Å². The van der Waals surface area contributed by atoms with Crippen molar-refractivity contribution in [1.29, 1.82) is 0 Å². The van der Waals surface area contributed by atoms with Crippen LogP contribution in [0, 0.1) is 5.92 Å². The number of carbonyl (C=O) groups is 3. The van der Waals surface area contributed by atoms with Crippen molar-refractivity contribution in [3.8, 4) is 5.75 Å². The fourth-order valence-corrected chi connectivity index (χ4v) is 3.06. The van der Waals surface area contributed by atoms with Crippen molar-refractivity contribution in [2.24, 2.45) is 5.92 Å². The molecule has 0 saturated carbocycles. The van der Waals surface area contributed by atoms with Crippen molar-refractivity contribution >= 4 is 29.2 Å². The van der Waals surface area contributed by atoms with Gasteiger partial charge in [0.15, 0.2) is 6.61 Å². The number of anilines is 2. The number of carbonyl (C=O) groups excluding carboxylic acids is 3. The second-order valence-electron chi connectivity index (χ2n) is 6.94. The number of esters is 1. The van der Waals surface area contributed by atoms with E-state index in [-0.39, 0.29) is 24.4 Å². The number of nitrogens with one attached hydrogen (secondary N) is 2. The molecule has 0 radical (unpaired) electrons. The van der Waals surface area contributed by atoms with E-state index in [9.17, 15) is 14.4 Å². The average molecular weight is 408 g/mol. The maximum absolute atomic E-state index is 12.3. The predicted octanol–water partition coefficient (Wildman–Crippen LogP) is 3.79. The van der Waals surface area contributed by atoms with Crippen LogP contribution < -0.4 is 15.4 Å². The number of allylic oxidation sites excluding steroid dienone is 2. The van der Waals surface area contributed by atoms with E-state index >= 15 is 0 Å². The summed E-state index contributed by atoms with van der Waals surface area (Å²) >= 11 is 0. The van der Waals surface area contributed by atoms with Crippen LogP contribution in [0.25, 0.3) is 0 Å². The van der Waals surface area contributed by atoms with E-state index in [2.05, 4.69) is 10.6 Å². The molecule has 0 spiro atoms. The molecule has 0 unspecified atom stereocenters. The third kappa shape index (κ3) is 6.20. The molecule has 30 heavy (non-hydrogen) atoms. The summed E-state index contributed by atoms with van der Waals surface area (Å²) < 4.78 is 10.1. The molecular weight excluding hydrogens is 384 g/mol. The van der Waals surface area contributed by atoms with E-state index in [0.717, 1.165) is 12.8 Å². The first-order valence-corrected chi connectivity index (χ1v) is 9.71. The lowest BCUT2D eigenvalue weighted by molar-refractivity contribution is -0.147. The van der Waals surface area contributed by atoms with E-state index in [1.807, 2.05) is 12.2 Å². The smallest absolute Gasteiger partial charge is 0.306 e. The van der Waals surface area contributed by atoms with Gasteiger partial charge in [-0.1, -0.05) is 12.2 Å². The van der Waals surface area contributed by atoms with Crippen molar-refractivity contribution in [3.05, 3.63) is 66.2 Å². The minimum atomic E-state index is -0.430. The summed E-state index contributed by atoms with van der Waals surface area (Å²) in [6.07, 6.45) is 6.27. The van der Waals surface area contributed by atoms with Gasteiger partial charge in [-0.3, -0.25) is 14.4 Å². The van der Waals surface area contributed by atoms with Crippen LogP contribution >= 0.6 is 0 Å². The Morgan fingerprint density at radius 1 is 0.967 bits per heavy atom. The lowest BCUT2D eigenvalue weighted by Gasteiger charge is -2.10. The lowest BCUT2D eigenvalue weighted by atomic mass is 10.1. The van der Waals surface area contributed by atoms with Gasteiger partial charge in [-0.15, -0.1) is 0 Å². The molecule has 0 heterocycles. The molecular formula is C23H24N2O5. The second kappa shape index (κ2) is 10.2. The zero-order valence-corrected chi connectivity index (χ0v) is 16.7. The van der Waals surface area contributed by atoms with Crippen molar-refractivity contribution in [2.45, 2.75) is 19.3 Å². The largest absolute Gasteiger partial charge is 0.497 e. The van der Waals surface area contributed by atoms with Gasteiger partial charge >= 0.3 is 5.97 Å². The Hall–Kier alpha value is -3.61. The Morgan fingerprint density at radius 3 is 2.27 bits per heavy atom. The molecule has 1 aliphatic rings. The highest BCUT2D eigenvalue weighted by molar-refractivity contribution is 6.04. The summed E-state index contributed by atoms with van der Waals surface area (Å²) in [6.45, 7) is -0.338. The molecule has 2 aromatic rings. The number of rotatable bonds is 8. The van der Waals surface area contributed by atoms with Crippen LogP contribution in [0.4, 0.5) is 11.4 Å². The molecule has 3 rings (SSSR count). The number of methoxy groups -OCH3 is 1. The van der Waals surface area contributed by atoms with Gasteiger partial charge in [0.05, 0.1) is 13.5 Å². The van der Waals surface area contributed by atoms with Gasteiger partial charge in [-0.05, 0) is 67.3 Å². The zero-order chi connectivity index (χ0) is 21.3. The normalized spacial score (nSPS) is 14.8. The third-order valence-electron chi connectivity index (χ3n) is 4.68. The number of benzene rings is 2. The number of amides is 2. The predicted molar refractivity (Wildman–Crippen MR) is 113 cm³/mol. The maximum atomic E-state index is 12.3. The summed E-state index contributed by atoms with van der Waals surface area (Å²) in [5.41, 5.74) is 1.60. The highest BCUT2D eigenvalue weighted by atomic mass is 16.5. The quantitative estimate of drug-likeness (QED) is 0.512. The molecule has 7 nitrogen and oxygen atoms in total. The molecule has 0 aliphatic heterocycles. The van der Waals surface area contributed by atoms with Gasteiger partial charge in [-0.2, -0.15) is 0 Å². The first-order valence-electron chi connectivity index (χ1n) is 9.71. The molecule has 7 heteroatoms. The molecule has 0 saturated heterocycles. The van der Waals surface area contributed by atoms with Gasteiger partial charge in [0.25, 0.3) is 11.8 Å². The molecule has 2 aromatic carbocycles. The monoisotopic (exact) mass is 408 g/mol. The Balaban J connectivity index is 1.44. The van der Waals surface area contributed by atoms with Gasteiger partial charge in [0, 0.05) is 16.9 Å². The van der Waals surface area contributed by atoms with E-state index < -0.39 is 5.91 Å². The number of hydrogen-bond donors (Lipinski definition) is 2. The number of hydrogen-bond acceptors (Lipinski definition) is 5. The van der Waals surface area contributed by atoms with Crippen molar-refractivity contribution in [3.63, 3.8) is 0 Å². The maximum Gasteiger partial charge on any atom is 0.306 e. The summed E-state index contributed by atoms with van der Waals surface area (Å²) in [6, 6.07) is 13.4. The SMILES string of the molecule is COc1ccc(NC(=O)c2ccc(NC(=O)COC(=O)C[C@H]3C=CCC3)cc2)cc1. The van der Waals surface area contributed by atoms with E-state index in [1.54, 1.807) is 55.6 Å². The summed E-state index contributed by atoms with van der Waals surface area (Å²) in [4.78, 5) is 36.1. The Kier molecular flexibility index (Phi) is 7.21. The van der Waals surface area contributed by atoms with E-state index in [0.29, 0.717) is 29.1 Å². The zero-order valence-electron chi connectivity index (χ0n) is 16.7. The fourth-order valence-electron chi connectivity index (χ4n) is 3.06. The molecule has 0 bridgehead atoms. The molecule has 1 atom stereocenters. The van der Waals surface area contributed by atoms with E-state index in [1.165, 1.54) is 0 Å². The van der Waals surface area contributed by atoms with Gasteiger partial charge in [0.1, 0.15) is 5.75 Å². The Labute approximate surface area is 175 Å². The fraction of sp³-hybridized carbons (Fsp3) is 0.261. The lowest BCUT2D eigenvalue weighted by Crippen LogP contribution is -2.21. The van der Waals surface area contributed by atoms with E-state index in [4.69, 9.17) is 9.47 Å². The first kappa shape index (κ1) is 21.1. The topological polar surface area (TPSA) is 93.7 Å². The highest BCUT2D eigenvalue weighted by Gasteiger charge is 2.16. The van der Waals surface area contributed by atoms with Crippen LogP contribution in [0.1, 0.15) is 29.6 Å². The minimum Gasteiger partial charge on any atom is -0.497 e. The number of ether oxygens (including phenoxy) is 2. The van der Waals surface area contributed by atoms with Gasteiger partial charge in [-0.25, -0.2) is 0 Å². The molecule has 2 N–H and O–H groups in total. The molecule has 156 valence electrons. The molecule has 0 aromatic heterocycles. The summed E-state index contributed by atoms with van der Waals surface area (Å²) in [5, 5.41) is 5.43. The Morgan fingerprint density at radius 2 is 1.63 bits per heavy atom. The standard InChI is InChI=1S/C23H24N2O5/c1-29-20-12-10-19(11-13-20)25-23(28)17-6-8-18(9-7-17)24-21(26)15-30-22(27)14-16-4-2-3-5-16/h2,4,6-13,16H,3,5,14-15H2,1H3,(H,24,26)(H,25,28)/t16-/m0/s1. The summed E-state index contributed by atoms with van der Waals surface area (Å²) in [7, 11) is 1.58. The summed E-state index contributed by atoms with van der Waals surface area (Å²) in [5.74, 6) is -0.174.